The normalized spacial score (nSPS) is 27.5. The van der Waals surface area contributed by atoms with Crippen LogP contribution < -0.4 is 16.2 Å². The van der Waals surface area contributed by atoms with Crippen LogP contribution in [0.3, 0.4) is 0 Å². The molecule has 3 aliphatic heterocycles. The van der Waals surface area contributed by atoms with Gasteiger partial charge in [0.15, 0.2) is 6.23 Å². The van der Waals surface area contributed by atoms with Gasteiger partial charge in [0.1, 0.15) is 6.10 Å². The Labute approximate surface area is 201 Å². The summed E-state index contributed by atoms with van der Waals surface area (Å²) in [6.45, 7) is 12.6. The van der Waals surface area contributed by atoms with Gasteiger partial charge in [0, 0.05) is 32.7 Å². The lowest BCUT2D eigenvalue weighted by molar-refractivity contribution is 0.0496. The molecule has 0 aliphatic carbocycles. The number of hydrogen-bond donors (Lipinski definition) is 4. The van der Waals surface area contributed by atoms with Crippen molar-refractivity contribution in [3.63, 3.8) is 0 Å². The first-order valence-corrected chi connectivity index (χ1v) is 12.3. The summed E-state index contributed by atoms with van der Waals surface area (Å²) >= 11 is 0. The lowest BCUT2D eigenvalue weighted by Gasteiger charge is -2.35. The molecule has 3 fully saturated rings. The van der Waals surface area contributed by atoms with Crippen molar-refractivity contribution in [1.82, 2.24) is 26.0 Å². The van der Waals surface area contributed by atoms with Crippen LogP contribution in [0, 0.1) is 13.8 Å². The Morgan fingerprint density at radius 3 is 2.74 bits per heavy atom. The SMILES string of the molecule is CCC(C)OC(=O)N1CCN(Cc2cc(C)cc(N=C3NNC(C4NCCC4O)O3)c2C)CC1. The van der Waals surface area contributed by atoms with E-state index in [2.05, 4.69) is 47.0 Å². The molecule has 4 N–H and O–H groups in total. The third-order valence-corrected chi connectivity index (χ3v) is 6.88. The third-order valence-electron chi connectivity index (χ3n) is 6.88. The zero-order valence-electron chi connectivity index (χ0n) is 20.6. The number of aryl methyl sites for hydroxylation is 1. The number of aliphatic hydroxyl groups is 1. The average molecular weight is 475 g/mol. The number of aliphatic hydroxyl groups excluding tert-OH is 1. The maximum absolute atomic E-state index is 12.3. The van der Waals surface area contributed by atoms with Crippen molar-refractivity contribution in [1.29, 1.82) is 0 Å². The topological polar surface area (TPSA) is 111 Å². The molecule has 1 amide bonds. The summed E-state index contributed by atoms with van der Waals surface area (Å²) in [5.41, 5.74) is 10.4. The van der Waals surface area contributed by atoms with Crippen molar-refractivity contribution in [2.24, 2.45) is 4.99 Å². The molecule has 3 saturated heterocycles. The van der Waals surface area contributed by atoms with Gasteiger partial charge in [-0.3, -0.25) is 10.3 Å². The van der Waals surface area contributed by atoms with E-state index in [1.165, 1.54) is 5.56 Å². The van der Waals surface area contributed by atoms with Gasteiger partial charge in [-0.05, 0) is 62.9 Å². The number of piperazine rings is 1. The van der Waals surface area contributed by atoms with Gasteiger partial charge >= 0.3 is 12.1 Å². The van der Waals surface area contributed by atoms with E-state index in [0.717, 1.165) is 49.4 Å². The first-order valence-electron chi connectivity index (χ1n) is 12.3. The highest BCUT2D eigenvalue weighted by molar-refractivity contribution is 5.79. The zero-order chi connectivity index (χ0) is 24.2. The number of amidine groups is 1. The molecule has 34 heavy (non-hydrogen) atoms. The summed E-state index contributed by atoms with van der Waals surface area (Å²) < 4.78 is 11.4. The molecule has 0 aromatic heterocycles. The summed E-state index contributed by atoms with van der Waals surface area (Å²) in [4.78, 5) is 21.2. The second kappa shape index (κ2) is 10.9. The van der Waals surface area contributed by atoms with Crippen molar-refractivity contribution in [2.75, 3.05) is 32.7 Å². The fraction of sp³-hybridized carbons (Fsp3) is 0.667. The van der Waals surface area contributed by atoms with Crippen LogP contribution in [-0.4, -0.2) is 84.2 Å². The summed E-state index contributed by atoms with van der Waals surface area (Å²) in [7, 11) is 0. The van der Waals surface area contributed by atoms with Gasteiger partial charge < -0.3 is 24.8 Å². The first kappa shape index (κ1) is 24.7. The fourth-order valence-electron chi connectivity index (χ4n) is 4.51. The summed E-state index contributed by atoms with van der Waals surface area (Å²) in [6, 6.07) is 4.48. The second-order valence-electron chi connectivity index (χ2n) is 9.49. The van der Waals surface area contributed by atoms with E-state index < -0.39 is 6.10 Å². The van der Waals surface area contributed by atoms with Crippen LogP contribution in [0.4, 0.5) is 10.5 Å². The quantitative estimate of drug-likeness (QED) is 0.491. The molecule has 0 saturated carbocycles. The van der Waals surface area contributed by atoms with E-state index in [-0.39, 0.29) is 24.5 Å². The Hall–Kier alpha value is -2.40. The predicted molar refractivity (Wildman–Crippen MR) is 130 cm³/mol. The summed E-state index contributed by atoms with van der Waals surface area (Å²) in [6.07, 6.45) is 0.458. The molecule has 10 nitrogen and oxygen atoms in total. The molecule has 4 unspecified atom stereocenters. The molecule has 4 rings (SSSR count). The van der Waals surface area contributed by atoms with Crippen LogP contribution in [0.2, 0.25) is 0 Å². The predicted octanol–water partition coefficient (Wildman–Crippen LogP) is 1.52. The van der Waals surface area contributed by atoms with E-state index in [1.807, 2.05) is 13.8 Å². The number of hydrogen-bond acceptors (Lipinski definition) is 8. The fourth-order valence-corrected chi connectivity index (χ4v) is 4.51. The number of hydrazine groups is 1. The van der Waals surface area contributed by atoms with Crippen LogP contribution in [0.15, 0.2) is 17.1 Å². The third kappa shape index (κ3) is 5.80. The molecular formula is C24H38N6O4. The lowest BCUT2D eigenvalue weighted by atomic mass is 10.0. The van der Waals surface area contributed by atoms with Gasteiger partial charge in [-0.1, -0.05) is 13.0 Å². The van der Waals surface area contributed by atoms with E-state index in [1.54, 1.807) is 4.90 Å². The first-order chi connectivity index (χ1) is 16.3. The van der Waals surface area contributed by atoms with Gasteiger partial charge in [0.05, 0.1) is 17.8 Å². The maximum atomic E-state index is 12.3. The largest absolute Gasteiger partial charge is 0.446 e. The van der Waals surface area contributed by atoms with Crippen molar-refractivity contribution in [2.45, 2.75) is 71.6 Å². The highest BCUT2D eigenvalue weighted by atomic mass is 16.6. The van der Waals surface area contributed by atoms with Crippen molar-refractivity contribution in [3.05, 3.63) is 28.8 Å². The van der Waals surface area contributed by atoms with Gasteiger partial charge in [-0.25, -0.2) is 4.79 Å². The van der Waals surface area contributed by atoms with Gasteiger partial charge in [0.25, 0.3) is 0 Å². The molecular weight excluding hydrogens is 436 g/mol. The zero-order valence-corrected chi connectivity index (χ0v) is 20.6. The van der Waals surface area contributed by atoms with Crippen molar-refractivity contribution in [3.8, 4) is 0 Å². The Kier molecular flexibility index (Phi) is 7.92. The molecule has 188 valence electrons. The number of nitrogens with one attached hydrogen (secondary N) is 3. The lowest BCUT2D eigenvalue weighted by Crippen LogP contribution is -2.49. The molecule has 0 radical (unpaired) electrons. The van der Waals surface area contributed by atoms with Crippen LogP contribution >= 0.6 is 0 Å². The van der Waals surface area contributed by atoms with Crippen LogP contribution in [0.5, 0.6) is 0 Å². The number of aliphatic imine (C=N–C) groups is 1. The Morgan fingerprint density at radius 2 is 2.06 bits per heavy atom. The second-order valence-corrected chi connectivity index (χ2v) is 9.49. The number of carbonyl (C=O) groups is 1. The summed E-state index contributed by atoms with van der Waals surface area (Å²) in [5.74, 6) is 0. The molecule has 0 spiro atoms. The number of ether oxygens (including phenoxy) is 2. The van der Waals surface area contributed by atoms with Crippen LogP contribution in [-0.2, 0) is 16.0 Å². The van der Waals surface area contributed by atoms with E-state index in [0.29, 0.717) is 25.5 Å². The Balaban J connectivity index is 1.37. The average Bonchev–Trinajstić information content (AvgIpc) is 3.45. The standard InChI is InChI=1S/C24H38N6O4/c1-5-16(3)33-24(32)30-10-8-29(9-11-30)14-18-12-15(2)13-19(17(18)4)26-23-28-27-22(34-23)21-20(31)6-7-25-21/h12-13,16,20-22,25,27,31H,5-11,14H2,1-4H3,(H,26,28). The number of rotatable bonds is 6. The summed E-state index contributed by atoms with van der Waals surface area (Å²) in [5, 5.41) is 13.4. The minimum atomic E-state index is -0.441. The van der Waals surface area contributed by atoms with Crippen LogP contribution in [0.25, 0.3) is 0 Å². The molecule has 1 aromatic carbocycles. The van der Waals surface area contributed by atoms with E-state index in [9.17, 15) is 9.90 Å². The molecule has 10 heteroatoms. The molecule has 3 heterocycles. The van der Waals surface area contributed by atoms with Crippen LogP contribution in [0.1, 0.15) is 43.4 Å². The Morgan fingerprint density at radius 1 is 1.29 bits per heavy atom. The molecule has 1 aromatic rings. The van der Waals surface area contributed by atoms with Gasteiger partial charge in [-0.15, -0.1) is 0 Å². The number of benzene rings is 1. The minimum Gasteiger partial charge on any atom is -0.446 e. The monoisotopic (exact) mass is 474 g/mol. The highest BCUT2D eigenvalue weighted by Crippen LogP contribution is 2.27. The molecule has 4 atom stereocenters. The minimum absolute atomic E-state index is 0.0520. The maximum Gasteiger partial charge on any atom is 0.410 e. The van der Waals surface area contributed by atoms with E-state index in [4.69, 9.17) is 14.5 Å². The number of amides is 1. The number of nitrogens with zero attached hydrogens (tertiary/aromatic N) is 3. The molecule has 3 aliphatic rings. The Bertz CT molecular complexity index is 902. The molecule has 0 bridgehead atoms. The van der Waals surface area contributed by atoms with E-state index >= 15 is 0 Å². The number of carbonyl (C=O) groups excluding carboxylic acids is 1. The van der Waals surface area contributed by atoms with Crippen molar-refractivity contribution >= 4 is 17.8 Å². The van der Waals surface area contributed by atoms with Gasteiger partial charge in [0.2, 0.25) is 0 Å². The smallest absolute Gasteiger partial charge is 0.410 e. The van der Waals surface area contributed by atoms with Gasteiger partial charge in [-0.2, -0.15) is 10.4 Å². The highest BCUT2D eigenvalue weighted by Gasteiger charge is 2.37. The van der Waals surface area contributed by atoms with Crippen molar-refractivity contribution < 1.29 is 19.4 Å².